The highest BCUT2D eigenvalue weighted by Gasteiger charge is 2.29. The highest BCUT2D eigenvalue weighted by molar-refractivity contribution is 7.99. The van der Waals surface area contributed by atoms with Crippen molar-refractivity contribution >= 4 is 40.0 Å². The van der Waals surface area contributed by atoms with Gasteiger partial charge in [0, 0.05) is 4.88 Å². The molecule has 0 saturated carbocycles. The molecule has 1 aliphatic heterocycles. The molecule has 172 valence electrons. The van der Waals surface area contributed by atoms with E-state index in [0.29, 0.717) is 22.1 Å². The molecule has 3 aromatic rings. The van der Waals surface area contributed by atoms with Crippen LogP contribution in [0.5, 0.6) is 11.5 Å². The van der Waals surface area contributed by atoms with Crippen LogP contribution >= 0.6 is 23.1 Å². The van der Waals surface area contributed by atoms with E-state index < -0.39 is 12.1 Å². The molecule has 3 heterocycles. The van der Waals surface area contributed by atoms with Crippen LogP contribution in [0.1, 0.15) is 45.6 Å². The van der Waals surface area contributed by atoms with Crippen molar-refractivity contribution in [3.63, 3.8) is 0 Å². The Kier molecular flexibility index (Phi) is 6.23. The number of thiophene rings is 1. The molecular formula is C22H21N3O6S2. The van der Waals surface area contributed by atoms with Crippen molar-refractivity contribution in [3.8, 4) is 11.5 Å². The molecule has 1 aliphatic carbocycles. The van der Waals surface area contributed by atoms with Crippen molar-refractivity contribution in [3.05, 3.63) is 46.2 Å². The molecule has 0 spiro atoms. The van der Waals surface area contributed by atoms with Crippen LogP contribution in [0.2, 0.25) is 0 Å². The van der Waals surface area contributed by atoms with Gasteiger partial charge in [-0.3, -0.25) is 4.79 Å². The maximum absolute atomic E-state index is 12.6. The Morgan fingerprint density at radius 1 is 1.21 bits per heavy atom. The van der Waals surface area contributed by atoms with Crippen molar-refractivity contribution in [2.24, 2.45) is 0 Å². The Bertz CT molecular complexity index is 1190. The fourth-order valence-corrected chi connectivity index (χ4v) is 5.68. The summed E-state index contributed by atoms with van der Waals surface area (Å²) >= 11 is 2.56. The predicted molar refractivity (Wildman–Crippen MR) is 121 cm³/mol. The number of hydrogen-bond acceptors (Lipinski definition) is 10. The van der Waals surface area contributed by atoms with Crippen LogP contribution in [0.15, 0.2) is 33.9 Å². The Hall–Kier alpha value is -3.05. The van der Waals surface area contributed by atoms with Gasteiger partial charge in [0.15, 0.2) is 11.5 Å². The molecule has 9 nitrogen and oxygen atoms in total. The molecule has 1 unspecified atom stereocenters. The molecule has 0 radical (unpaired) electrons. The number of para-hydroxylation sites is 2. The van der Waals surface area contributed by atoms with Gasteiger partial charge in [-0.05, 0) is 43.4 Å². The van der Waals surface area contributed by atoms with E-state index in [4.69, 9.17) is 18.6 Å². The highest BCUT2D eigenvalue weighted by atomic mass is 32.2. The third kappa shape index (κ3) is 4.55. The highest BCUT2D eigenvalue weighted by Crippen LogP contribution is 2.39. The zero-order chi connectivity index (χ0) is 22.8. The molecule has 0 saturated heterocycles. The summed E-state index contributed by atoms with van der Waals surface area (Å²) in [6, 6.07) is 7.36. The molecule has 11 heteroatoms. The van der Waals surface area contributed by atoms with Gasteiger partial charge in [0.2, 0.25) is 12.0 Å². The molecule has 1 atom stereocenters. The van der Waals surface area contributed by atoms with Gasteiger partial charge in [-0.2, -0.15) is 0 Å². The number of benzene rings is 1. The second-order valence-electron chi connectivity index (χ2n) is 7.51. The number of rotatable bonds is 6. The summed E-state index contributed by atoms with van der Waals surface area (Å²) in [6.45, 7) is 0.253. The van der Waals surface area contributed by atoms with E-state index in [1.165, 1.54) is 18.4 Å². The number of ether oxygens (including phenoxy) is 3. The lowest BCUT2D eigenvalue weighted by atomic mass is 9.95. The molecule has 2 aliphatic rings. The van der Waals surface area contributed by atoms with Gasteiger partial charge < -0.3 is 23.9 Å². The average molecular weight is 488 g/mol. The van der Waals surface area contributed by atoms with Gasteiger partial charge in [-0.1, -0.05) is 23.9 Å². The number of carbonyl (C=O) groups is 2. The van der Waals surface area contributed by atoms with Crippen molar-refractivity contribution in [2.45, 2.75) is 37.0 Å². The van der Waals surface area contributed by atoms with Crippen LogP contribution in [0, 0.1) is 0 Å². The van der Waals surface area contributed by atoms with Crippen molar-refractivity contribution in [2.75, 3.05) is 24.8 Å². The van der Waals surface area contributed by atoms with Crippen LogP contribution in [0.4, 0.5) is 5.00 Å². The van der Waals surface area contributed by atoms with Gasteiger partial charge in [-0.25, -0.2) is 4.79 Å². The molecular weight excluding hydrogens is 466 g/mol. The lowest BCUT2D eigenvalue weighted by Crippen LogP contribution is -2.21. The number of anilines is 1. The molecule has 0 fully saturated rings. The number of thioether (sulfide) groups is 1. The topological polar surface area (TPSA) is 113 Å². The van der Waals surface area contributed by atoms with Gasteiger partial charge in [0.05, 0.1) is 18.4 Å². The number of carbonyl (C=O) groups excluding carboxylic acids is 2. The predicted octanol–water partition coefficient (Wildman–Crippen LogP) is 4.04. The average Bonchev–Trinajstić information content (AvgIpc) is 3.46. The van der Waals surface area contributed by atoms with Crippen LogP contribution in [-0.2, 0) is 22.4 Å². The zero-order valence-electron chi connectivity index (χ0n) is 17.8. The molecule has 1 N–H and O–H groups in total. The molecule has 1 amide bonds. The van der Waals surface area contributed by atoms with Crippen LogP contribution in [-0.4, -0.2) is 41.5 Å². The summed E-state index contributed by atoms with van der Waals surface area (Å²) in [7, 11) is 1.35. The lowest BCUT2D eigenvalue weighted by Gasteiger charge is -2.23. The zero-order valence-corrected chi connectivity index (χ0v) is 19.4. The number of aryl methyl sites for hydroxylation is 1. The largest absolute Gasteiger partial charge is 0.485 e. The van der Waals surface area contributed by atoms with Crippen LogP contribution in [0.25, 0.3) is 0 Å². The van der Waals surface area contributed by atoms with E-state index in [2.05, 4.69) is 15.5 Å². The quantitative estimate of drug-likeness (QED) is 0.406. The van der Waals surface area contributed by atoms with Crippen molar-refractivity contribution in [1.29, 1.82) is 0 Å². The van der Waals surface area contributed by atoms with Gasteiger partial charge in [-0.15, -0.1) is 21.5 Å². The maximum Gasteiger partial charge on any atom is 0.341 e. The van der Waals surface area contributed by atoms with E-state index in [1.54, 1.807) is 0 Å². The molecule has 33 heavy (non-hydrogen) atoms. The fourth-order valence-electron chi connectivity index (χ4n) is 3.81. The normalized spacial score (nSPS) is 16.7. The number of amides is 1. The number of hydrogen-bond donors (Lipinski definition) is 1. The molecule has 2 aromatic heterocycles. The third-order valence-corrected chi connectivity index (χ3v) is 7.37. The number of esters is 1. The smallest absolute Gasteiger partial charge is 0.341 e. The minimum Gasteiger partial charge on any atom is -0.485 e. The summed E-state index contributed by atoms with van der Waals surface area (Å²) in [4.78, 5) is 26.1. The Balaban J connectivity index is 1.21. The molecule has 1 aromatic carbocycles. The van der Waals surface area contributed by atoms with Gasteiger partial charge in [0.1, 0.15) is 11.6 Å². The van der Waals surface area contributed by atoms with Crippen molar-refractivity contribution < 1.29 is 28.2 Å². The number of methoxy groups -OCH3 is 1. The van der Waals surface area contributed by atoms with E-state index in [0.717, 1.165) is 47.9 Å². The number of aromatic nitrogens is 2. The summed E-state index contributed by atoms with van der Waals surface area (Å²) in [5.74, 6) is 0.924. The van der Waals surface area contributed by atoms with Gasteiger partial charge in [0.25, 0.3) is 11.1 Å². The summed E-state index contributed by atoms with van der Waals surface area (Å²) in [5.41, 5.74) is 1.48. The number of nitrogens with one attached hydrogen (secondary N) is 1. The summed E-state index contributed by atoms with van der Waals surface area (Å²) < 4.78 is 22.2. The van der Waals surface area contributed by atoms with Gasteiger partial charge >= 0.3 is 5.97 Å². The minimum absolute atomic E-state index is 0.0513. The van der Waals surface area contributed by atoms with E-state index in [-0.39, 0.29) is 29.4 Å². The second kappa shape index (κ2) is 9.44. The first-order valence-electron chi connectivity index (χ1n) is 10.5. The first-order valence-corrected chi connectivity index (χ1v) is 12.3. The second-order valence-corrected chi connectivity index (χ2v) is 9.55. The van der Waals surface area contributed by atoms with Crippen LogP contribution < -0.4 is 14.8 Å². The summed E-state index contributed by atoms with van der Waals surface area (Å²) in [6.07, 6.45) is 3.33. The van der Waals surface area contributed by atoms with Crippen molar-refractivity contribution in [1.82, 2.24) is 10.2 Å². The fraction of sp³-hybridized carbons (Fsp3) is 0.364. The summed E-state index contributed by atoms with van der Waals surface area (Å²) in [5, 5.41) is 11.7. The first kappa shape index (κ1) is 21.8. The minimum atomic E-state index is -0.518. The maximum atomic E-state index is 12.6. The SMILES string of the molecule is COC(=O)c1c(NC(=O)CSc2nnc(C3COc4ccccc4O3)o2)sc2c1CCCC2. The van der Waals surface area contributed by atoms with E-state index >= 15 is 0 Å². The Morgan fingerprint density at radius 2 is 2.03 bits per heavy atom. The number of fused-ring (bicyclic) bond motifs is 2. The van der Waals surface area contributed by atoms with E-state index in [1.807, 2.05) is 24.3 Å². The van der Waals surface area contributed by atoms with Crippen LogP contribution in [0.3, 0.4) is 0 Å². The number of nitrogens with zero attached hydrogens (tertiary/aromatic N) is 2. The third-order valence-electron chi connectivity index (χ3n) is 5.35. The Morgan fingerprint density at radius 3 is 2.88 bits per heavy atom. The monoisotopic (exact) mass is 487 g/mol. The Labute approximate surface area is 197 Å². The lowest BCUT2D eigenvalue weighted by molar-refractivity contribution is -0.113. The van der Waals surface area contributed by atoms with E-state index in [9.17, 15) is 9.59 Å². The molecule has 0 bridgehead atoms. The standard InChI is InChI=1S/C22H21N3O6S2/c1-28-21(27)18-12-6-2-5-9-16(12)33-20(18)23-17(26)11-32-22-25-24-19(31-22)15-10-29-13-7-3-4-8-14(13)30-15/h3-4,7-8,15H,2,5-6,9-11H2,1H3,(H,23,26). The first-order chi connectivity index (χ1) is 16.1. The molecule has 5 rings (SSSR count).